The monoisotopic (exact) mass is 150 g/mol. The fourth-order valence-electron chi connectivity index (χ4n) is 3.26. The van der Waals surface area contributed by atoms with E-state index in [4.69, 9.17) is 4.74 Å². The van der Waals surface area contributed by atoms with E-state index in [-0.39, 0.29) is 0 Å². The van der Waals surface area contributed by atoms with Gasteiger partial charge in [-0.2, -0.15) is 0 Å². The third kappa shape index (κ3) is 0.652. The molecular formula is C10H14O. The average molecular weight is 150 g/mol. The summed E-state index contributed by atoms with van der Waals surface area (Å²) in [6.07, 6.45) is 3.92. The van der Waals surface area contributed by atoms with Crippen LogP contribution >= 0.6 is 0 Å². The van der Waals surface area contributed by atoms with Crippen molar-refractivity contribution in [2.45, 2.75) is 13.3 Å². The Morgan fingerprint density at radius 3 is 3.09 bits per heavy atom. The molecule has 0 aromatic heterocycles. The molecule has 4 atom stereocenters. The van der Waals surface area contributed by atoms with Gasteiger partial charge in [-0.15, -0.1) is 0 Å². The largest absolute Gasteiger partial charge is 0.381 e. The van der Waals surface area contributed by atoms with Gasteiger partial charge in [0, 0.05) is 0 Å². The Morgan fingerprint density at radius 2 is 2.18 bits per heavy atom. The van der Waals surface area contributed by atoms with Crippen molar-refractivity contribution < 1.29 is 4.74 Å². The summed E-state index contributed by atoms with van der Waals surface area (Å²) in [5.41, 5.74) is 1.64. The molecule has 0 radical (unpaired) electrons. The first-order chi connectivity index (χ1) is 5.36. The van der Waals surface area contributed by atoms with Crippen LogP contribution in [0, 0.1) is 23.7 Å². The van der Waals surface area contributed by atoms with Gasteiger partial charge in [0.15, 0.2) is 0 Å². The molecule has 1 heteroatoms. The van der Waals surface area contributed by atoms with E-state index in [1.54, 1.807) is 5.57 Å². The van der Waals surface area contributed by atoms with E-state index in [2.05, 4.69) is 13.0 Å². The smallest absolute Gasteiger partial charge is 0.0503 e. The van der Waals surface area contributed by atoms with Gasteiger partial charge in [0.25, 0.3) is 0 Å². The summed E-state index contributed by atoms with van der Waals surface area (Å²) in [4.78, 5) is 0. The van der Waals surface area contributed by atoms with Crippen LogP contribution in [0.25, 0.3) is 0 Å². The van der Waals surface area contributed by atoms with Crippen molar-refractivity contribution in [2.24, 2.45) is 23.7 Å². The SMILES string of the molecule is CC1=CC2CC1C1COCC21. The van der Waals surface area contributed by atoms with Gasteiger partial charge in [-0.25, -0.2) is 0 Å². The van der Waals surface area contributed by atoms with E-state index in [0.717, 1.165) is 36.9 Å². The molecule has 1 saturated heterocycles. The number of hydrogen-bond acceptors (Lipinski definition) is 1. The Balaban J connectivity index is 1.99. The van der Waals surface area contributed by atoms with E-state index >= 15 is 0 Å². The number of allylic oxidation sites excluding steroid dienone is 2. The van der Waals surface area contributed by atoms with Crippen molar-refractivity contribution in [1.82, 2.24) is 0 Å². The summed E-state index contributed by atoms with van der Waals surface area (Å²) < 4.78 is 5.51. The maximum absolute atomic E-state index is 5.51. The fourth-order valence-corrected chi connectivity index (χ4v) is 3.26. The van der Waals surface area contributed by atoms with Crippen molar-refractivity contribution in [3.63, 3.8) is 0 Å². The topological polar surface area (TPSA) is 9.23 Å². The highest BCUT2D eigenvalue weighted by Crippen LogP contribution is 2.53. The maximum Gasteiger partial charge on any atom is 0.0503 e. The van der Waals surface area contributed by atoms with Gasteiger partial charge < -0.3 is 4.74 Å². The molecule has 2 fully saturated rings. The minimum absolute atomic E-state index is 0.882. The van der Waals surface area contributed by atoms with Crippen LogP contribution < -0.4 is 0 Å². The molecule has 3 aliphatic rings. The third-order valence-corrected chi connectivity index (χ3v) is 3.83. The van der Waals surface area contributed by atoms with E-state index in [9.17, 15) is 0 Å². The molecule has 0 amide bonds. The van der Waals surface area contributed by atoms with Crippen molar-refractivity contribution in [1.29, 1.82) is 0 Å². The molecule has 1 heterocycles. The molecule has 0 spiro atoms. The Labute approximate surface area is 67.4 Å². The van der Waals surface area contributed by atoms with Crippen LogP contribution in [0.2, 0.25) is 0 Å². The first-order valence-corrected chi connectivity index (χ1v) is 4.62. The summed E-state index contributed by atoms with van der Waals surface area (Å²) >= 11 is 0. The zero-order chi connectivity index (χ0) is 7.42. The van der Waals surface area contributed by atoms with E-state index in [1.807, 2.05) is 0 Å². The molecule has 1 aliphatic heterocycles. The summed E-state index contributed by atoms with van der Waals surface area (Å²) in [7, 11) is 0. The van der Waals surface area contributed by atoms with Crippen molar-refractivity contribution in [3.05, 3.63) is 11.6 Å². The lowest BCUT2D eigenvalue weighted by Gasteiger charge is -2.20. The summed E-state index contributed by atoms with van der Waals surface area (Å²) in [5, 5.41) is 0. The van der Waals surface area contributed by atoms with Crippen LogP contribution in [0.1, 0.15) is 13.3 Å². The molecule has 2 bridgehead atoms. The first kappa shape index (κ1) is 6.24. The molecule has 11 heavy (non-hydrogen) atoms. The lowest BCUT2D eigenvalue weighted by atomic mass is 9.82. The maximum atomic E-state index is 5.51. The summed E-state index contributed by atoms with van der Waals surface area (Å²) in [5.74, 6) is 3.56. The minimum Gasteiger partial charge on any atom is -0.381 e. The van der Waals surface area contributed by atoms with Gasteiger partial charge in [0.1, 0.15) is 0 Å². The van der Waals surface area contributed by atoms with Crippen molar-refractivity contribution >= 4 is 0 Å². The zero-order valence-electron chi connectivity index (χ0n) is 6.92. The molecule has 0 aromatic rings. The highest BCUT2D eigenvalue weighted by atomic mass is 16.5. The molecule has 3 rings (SSSR count). The standard InChI is InChI=1S/C10H14O/c1-6-2-7-3-8(6)10-5-11-4-9(7)10/h2,7-10H,3-5H2,1H3. The second kappa shape index (κ2) is 1.89. The Kier molecular flexibility index (Phi) is 1.07. The van der Waals surface area contributed by atoms with Gasteiger partial charge in [0.2, 0.25) is 0 Å². The fraction of sp³-hybridized carbons (Fsp3) is 0.800. The van der Waals surface area contributed by atoms with E-state index in [1.165, 1.54) is 6.42 Å². The number of ether oxygens (including phenoxy) is 1. The van der Waals surface area contributed by atoms with Gasteiger partial charge in [-0.05, 0) is 37.0 Å². The second-order valence-corrected chi connectivity index (χ2v) is 4.28. The molecule has 4 unspecified atom stereocenters. The van der Waals surface area contributed by atoms with Crippen LogP contribution in [0.15, 0.2) is 11.6 Å². The molecule has 1 saturated carbocycles. The Hall–Kier alpha value is -0.300. The molecule has 60 valence electrons. The Bertz CT molecular complexity index is 219. The van der Waals surface area contributed by atoms with E-state index < -0.39 is 0 Å². The summed E-state index contributed by atoms with van der Waals surface area (Å²) in [6.45, 7) is 4.37. The first-order valence-electron chi connectivity index (χ1n) is 4.62. The number of hydrogen-bond donors (Lipinski definition) is 0. The summed E-state index contributed by atoms with van der Waals surface area (Å²) in [6, 6.07) is 0. The highest BCUT2D eigenvalue weighted by Gasteiger charge is 2.49. The van der Waals surface area contributed by atoms with Crippen LogP contribution in [0.5, 0.6) is 0 Å². The number of fused-ring (bicyclic) bond motifs is 5. The zero-order valence-corrected chi connectivity index (χ0v) is 6.92. The van der Waals surface area contributed by atoms with Crippen LogP contribution in [0.4, 0.5) is 0 Å². The van der Waals surface area contributed by atoms with Gasteiger partial charge in [-0.1, -0.05) is 11.6 Å². The molecular weight excluding hydrogens is 136 g/mol. The molecule has 1 nitrogen and oxygen atoms in total. The second-order valence-electron chi connectivity index (χ2n) is 4.28. The van der Waals surface area contributed by atoms with Gasteiger partial charge >= 0.3 is 0 Å². The van der Waals surface area contributed by atoms with Crippen LogP contribution in [-0.2, 0) is 4.74 Å². The highest BCUT2D eigenvalue weighted by molar-refractivity contribution is 5.22. The minimum atomic E-state index is 0.882. The van der Waals surface area contributed by atoms with Gasteiger partial charge in [0.05, 0.1) is 13.2 Å². The quantitative estimate of drug-likeness (QED) is 0.479. The molecule has 0 aromatic carbocycles. The predicted molar refractivity (Wildman–Crippen MR) is 43.2 cm³/mol. The van der Waals surface area contributed by atoms with E-state index in [0.29, 0.717) is 0 Å². The third-order valence-electron chi connectivity index (χ3n) is 3.83. The van der Waals surface area contributed by atoms with Crippen molar-refractivity contribution in [3.8, 4) is 0 Å². The molecule has 2 aliphatic carbocycles. The lowest BCUT2D eigenvalue weighted by molar-refractivity contribution is 0.165. The lowest BCUT2D eigenvalue weighted by Crippen LogP contribution is -2.18. The molecule has 0 N–H and O–H groups in total. The number of rotatable bonds is 0. The predicted octanol–water partition coefficient (Wildman–Crippen LogP) is 1.84. The van der Waals surface area contributed by atoms with Crippen molar-refractivity contribution in [2.75, 3.05) is 13.2 Å². The van der Waals surface area contributed by atoms with Gasteiger partial charge in [-0.3, -0.25) is 0 Å². The van der Waals surface area contributed by atoms with Crippen LogP contribution in [0.3, 0.4) is 0 Å². The van der Waals surface area contributed by atoms with Crippen LogP contribution in [-0.4, -0.2) is 13.2 Å². The average Bonchev–Trinajstić information content (AvgIpc) is 2.52. The Morgan fingerprint density at radius 1 is 1.36 bits per heavy atom. The normalized spacial score (nSPS) is 53.0.